The summed E-state index contributed by atoms with van der Waals surface area (Å²) in [6.07, 6.45) is -23.5. The van der Waals surface area contributed by atoms with Gasteiger partial charge in [-0.05, 0) is 93.8 Å². The zero-order chi connectivity index (χ0) is 31.2. The molecule has 0 radical (unpaired) electrons. The summed E-state index contributed by atoms with van der Waals surface area (Å²) in [4.78, 5) is 0. The molecule has 250 valence electrons. The van der Waals surface area contributed by atoms with E-state index >= 15 is 30.7 Å². The van der Waals surface area contributed by atoms with Crippen molar-refractivity contribution in [3.63, 3.8) is 0 Å². The Bertz CT molecular complexity index is 870. The van der Waals surface area contributed by atoms with Crippen LogP contribution < -0.4 is 0 Å². The van der Waals surface area contributed by atoms with Gasteiger partial charge in [-0.2, -0.15) is 8.78 Å². The Labute approximate surface area is 247 Å². The topological polar surface area (TPSA) is 18.5 Å². The second kappa shape index (κ2) is 13.5. The summed E-state index contributed by atoms with van der Waals surface area (Å²) >= 11 is 0. The van der Waals surface area contributed by atoms with Crippen LogP contribution in [0.5, 0.6) is 0 Å². The predicted octanol–water partition coefficient (Wildman–Crippen LogP) is 8.75. The lowest BCUT2D eigenvalue weighted by Gasteiger charge is -2.46. The molecular weight excluding hydrogens is 594 g/mol. The smallest absolute Gasteiger partial charge is 0.364 e. The highest BCUT2D eigenvalue weighted by molar-refractivity contribution is 5.00. The van der Waals surface area contributed by atoms with E-state index in [9.17, 15) is 13.2 Å². The van der Waals surface area contributed by atoms with Crippen molar-refractivity contribution in [1.29, 1.82) is 0 Å². The van der Waals surface area contributed by atoms with E-state index in [0.29, 0.717) is 18.9 Å². The molecule has 0 aromatic rings. The molecule has 0 spiro atoms. The standard InChI is InChI=1S/C31H44F10O2/c1-14-2-5-27(42-13-14)16-8-21(33)28(22(34)9-16)17-10-23(35)29(24(36)11-17)31(40,41)43-18-3-4-19(20(32)12-18)15-6-25(37)30(39)26(38)7-15/h14-30H,2-13H2,1H3. The summed E-state index contributed by atoms with van der Waals surface area (Å²) < 4.78 is 158. The van der Waals surface area contributed by atoms with Crippen LogP contribution in [0.4, 0.5) is 43.9 Å². The van der Waals surface area contributed by atoms with Crippen molar-refractivity contribution in [1.82, 2.24) is 0 Å². The molecule has 1 saturated heterocycles. The van der Waals surface area contributed by atoms with E-state index in [1.807, 2.05) is 6.92 Å². The van der Waals surface area contributed by atoms with Crippen molar-refractivity contribution in [3.8, 4) is 0 Å². The Morgan fingerprint density at radius 3 is 1.67 bits per heavy atom. The van der Waals surface area contributed by atoms with Crippen LogP contribution in [0, 0.1) is 41.4 Å². The first-order chi connectivity index (χ1) is 20.2. The first-order valence-electron chi connectivity index (χ1n) is 16.0. The number of ether oxygens (including phenoxy) is 2. The van der Waals surface area contributed by atoms with Gasteiger partial charge in [0.25, 0.3) is 0 Å². The minimum atomic E-state index is -4.31. The Kier molecular flexibility index (Phi) is 10.6. The van der Waals surface area contributed by atoms with Crippen molar-refractivity contribution < 1.29 is 53.4 Å². The molecule has 0 aromatic carbocycles. The molecule has 1 aliphatic heterocycles. The third-order valence-electron chi connectivity index (χ3n) is 11.2. The van der Waals surface area contributed by atoms with Gasteiger partial charge in [-0.15, -0.1) is 0 Å². The van der Waals surface area contributed by atoms with E-state index in [1.165, 1.54) is 0 Å². The second-order valence-electron chi connectivity index (χ2n) is 14.2. The molecule has 5 aliphatic rings. The van der Waals surface area contributed by atoms with Gasteiger partial charge >= 0.3 is 6.11 Å². The number of halogens is 10. The average Bonchev–Trinajstić information content (AvgIpc) is 2.90. The van der Waals surface area contributed by atoms with Gasteiger partial charge in [0.2, 0.25) is 0 Å². The summed E-state index contributed by atoms with van der Waals surface area (Å²) in [5.41, 5.74) is 0. The molecule has 0 bridgehead atoms. The predicted molar refractivity (Wildman–Crippen MR) is 140 cm³/mol. The molecule has 4 aliphatic carbocycles. The lowest BCUT2D eigenvalue weighted by molar-refractivity contribution is -0.322. The van der Waals surface area contributed by atoms with Gasteiger partial charge in [0.15, 0.2) is 6.17 Å². The normalized spacial score (nSPS) is 52.1. The summed E-state index contributed by atoms with van der Waals surface area (Å²) in [6.45, 7) is 2.55. The van der Waals surface area contributed by atoms with E-state index in [1.54, 1.807) is 0 Å². The highest BCUT2D eigenvalue weighted by Gasteiger charge is 2.58. The van der Waals surface area contributed by atoms with E-state index in [4.69, 9.17) is 9.47 Å². The molecule has 2 nitrogen and oxygen atoms in total. The van der Waals surface area contributed by atoms with Crippen LogP contribution in [0.25, 0.3) is 0 Å². The van der Waals surface area contributed by atoms with Gasteiger partial charge in [0.05, 0.1) is 12.2 Å². The van der Waals surface area contributed by atoms with Crippen molar-refractivity contribution in [3.05, 3.63) is 0 Å². The molecule has 11 atom stereocenters. The quantitative estimate of drug-likeness (QED) is 0.271. The molecule has 0 amide bonds. The van der Waals surface area contributed by atoms with Gasteiger partial charge in [-0.1, -0.05) is 6.92 Å². The lowest BCUT2D eigenvalue weighted by Crippen LogP contribution is -2.53. The highest BCUT2D eigenvalue weighted by atomic mass is 19.3. The van der Waals surface area contributed by atoms with Gasteiger partial charge in [-0.25, -0.2) is 35.1 Å². The number of hydrogen-bond acceptors (Lipinski definition) is 2. The van der Waals surface area contributed by atoms with Crippen molar-refractivity contribution in [2.45, 2.75) is 145 Å². The zero-order valence-electron chi connectivity index (χ0n) is 24.4. The van der Waals surface area contributed by atoms with Gasteiger partial charge < -0.3 is 9.47 Å². The molecule has 5 rings (SSSR count). The molecule has 11 unspecified atom stereocenters. The molecule has 43 heavy (non-hydrogen) atoms. The van der Waals surface area contributed by atoms with E-state index < -0.39 is 110 Å². The molecule has 12 heteroatoms. The maximum Gasteiger partial charge on any atom is 0.364 e. The first-order valence-corrected chi connectivity index (χ1v) is 16.0. The van der Waals surface area contributed by atoms with Crippen molar-refractivity contribution in [2.24, 2.45) is 41.4 Å². The molecule has 0 N–H and O–H groups in total. The van der Waals surface area contributed by atoms with Gasteiger partial charge in [0.1, 0.15) is 49.1 Å². The second-order valence-corrected chi connectivity index (χ2v) is 14.2. The largest absolute Gasteiger partial charge is 0.378 e. The maximum atomic E-state index is 15.3. The Balaban J connectivity index is 1.14. The van der Waals surface area contributed by atoms with Crippen LogP contribution in [-0.4, -0.2) is 74.3 Å². The molecule has 1 heterocycles. The monoisotopic (exact) mass is 638 g/mol. The summed E-state index contributed by atoms with van der Waals surface area (Å²) in [5.74, 6) is -6.54. The first kappa shape index (κ1) is 33.6. The molecule has 4 saturated carbocycles. The van der Waals surface area contributed by atoms with Crippen LogP contribution in [0.15, 0.2) is 0 Å². The Hall–Kier alpha value is -0.780. The molecule has 5 fully saturated rings. The summed E-state index contributed by atoms with van der Waals surface area (Å²) in [6, 6.07) is 0. The summed E-state index contributed by atoms with van der Waals surface area (Å²) in [5, 5.41) is 0. The van der Waals surface area contributed by atoms with Crippen LogP contribution in [0.3, 0.4) is 0 Å². The van der Waals surface area contributed by atoms with E-state index in [-0.39, 0.29) is 50.5 Å². The van der Waals surface area contributed by atoms with E-state index in [2.05, 4.69) is 0 Å². The van der Waals surface area contributed by atoms with Gasteiger partial charge in [-0.3, -0.25) is 0 Å². The lowest BCUT2D eigenvalue weighted by atomic mass is 9.65. The third kappa shape index (κ3) is 7.30. The minimum absolute atomic E-state index is 0.00248. The maximum absolute atomic E-state index is 15.3. The minimum Gasteiger partial charge on any atom is -0.378 e. The average molecular weight is 639 g/mol. The third-order valence-corrected chi connectivity index (χ3v) is 11.2. The fraction of sp³-hybridized carbons (Fsp3) is 1.00. The van der Waals surface area contributed by atoms with Crippen LogP contribution in [-0.2, 0) is 9.47 Å². The number of rotatable bonds is 6. The summed E-state index contributed by atoms with van der Waals surface area (Å²) in [7, 11) is 0. The molecular formula is C31H44F10O2. The van der Waals surface area contributed by atoms with Crippen molar-refractivity contribution in [2.75, 3.05) is 6.61 Å². The Morgan fingerprint density at radius 2 is 1.14 bits per heavy atom. The van der Waals surface area contributed by atoms with Gasteiger partial charge in [0, 0.05) is 18.9 Å². The van der Waals surface area contributed by atoms with E-state index in [0.717, 1.165) is 6.42 Å². The molecule has 0 aromatic heterocycles. The Morgan fingerprint density at radius 1 is 0.581 bits per heavy atom. The highest BCUT2D eigenvalue weighted by Crippen LogP contribution is 2.51. The van der Waals surface area contributed by atoms with Crippen LogP contribution in [0.1, 0.15) is 77.6 Å². The SMILES string of the molecule is CC1CCC(C2CC(F)C(C3CC(F)C(C(F)(F)OC4CCC(C5CC(F)C(F)C(F)C5)C(F)C4)C(F)C3)C(F)C2)OC1. The fourth-order valence-corrected chi connectivity index (χ4v) is 8.87. The number of hydrogen-bond donors (Lipinski definition) is 0. The van der Waals surface area contributed by atoms with Crippen molar-refractivity contribution >= 4 is 0 Å². The number of alkyl halides is 10. The fourth-order valence-electron chi connectivity index (χ4n) is 8.87. The van der Waals surface area contributed by atoms with Crippen LogP contribution in [0.2, 0.25) is 0 Å². The zero-order valence-corrected chi connectivity index (χ0v) is 24.4. The van der Waals surface area contributed by atoms with Crippen LogP contribution >= 0.6 is 0 Å².